The Balaban J connectivity index is 2.05. The maximum Gasteiger partial charge on any atom is 0.337 e. The molecule has 1 aliphatic rings. The van der Waals surface area contributed by atoms with Gasteiger partial charge in [-0.05, 0) is 43.5 Å². The van der Waals surface area contributed by atoms with E-state index in [1.54, 1.807) is 6.07 Å². The van der Waals surface area contributed by atoms with Gasteiger partial charge < -0.3 is 10.5 Å². The van der Waals surface area contributed by atoms with Gasteiger partial charge >= 0.3 is 5.97 Å². The first-order chi connectivity index (χ1) is 9.13. The third-order valence-corrected chi connectivity index (χ3v) is 3.86. The van der Waals surface area contributed by atoms with E-state index in [4.69, 9.17) is 10.5 Å². The summed E-state index contributed by atoms with van der Waals surface area (Å²) in [5.41, 5.74) is 7.50. The SMILES string of the molecule is COC(=O)c1cccc(CN2CC(CN)CC2C)c1. The molecule has 0 saturated carbocycles. The van der Waals surface area contributed by atoms with Gasteiger partial charge in [0.1, 0.15) is 0 Å². The Labute approximate surface area is 114 Å². The number of benzene rings is 1. The zero-order chi connectivity index (χ0) is 13.8. The first-order valence-corrected chi connectivity index (χ1v) is 6.75. The number of methoxy groups -OCH3 is 1. The second-order valence-corrected chi connectivity index (χ2v) is 5.31. The molecule has 2 unspecified atom stereocenters. The average Bonchev–Trinajstić information content (AvgIpc) is 2.79. The number of carbonyl (C=O) groups is 1. The Bertz CT molecular complexity index is 448. The summed E-state index contributed by atoms with van der Waals surface area (Å²) >= 11 is 0. The predicted octanol–water partition coefficient (Wildman–Crippen LogP) is 1.64. The predicted molar refractivity (Wildman–Crippen MR) is 74.8 cm³/mol. The fourth-order valence-electron chi connectivity index (χ4n) is 2.76. The monoisotopic (exact) mass is 262 g/mol. The van der Waals surface area contributed by atoms with Crippen molar-refractivity contribution in [3.8, 4) is 0 Å². The van der Waals surface area contributed by atoms with Crippen LogP contribution < -0.4 is 5.73 Å². The summed E-state index contributed by atoms with van der Waals surface area (Å²) in [6.07, 6.45) is 1.16. The van der Waals surface area contributed by atoms with Gasteiger partial charge in [0.05, 0.1) is 12.7 Å². The summed E-state index contributed by atoms with van der Waals surface area (Å²) in [7, 11) is 1.41. The summed E-state index contributed by atoms with van der Waals surface area (Å²) in [6.45, 7) is 4.89. The first-order valence-electron chi connectivity index (χ1n) is 6.75. The third kappa shape index (κ3) is 3.33. The van der Waals surface area contributed by atoms with Gasteiger partial charge in [-0.3, -0.25) is 4.90 Å². The lowest BCUT2D eigenvalue weighted by atomic mass is 10.1. The molecule has 0 bridgehead atoms. The molecular formula is C15H22N2O2. The number of nitrogens with two attached hydrogens (primary N) is 1. The molecule has 4 heteroatoms. The minimum atomic E-state index is -0.281. The van der Waals surface area contributed by atoms with Crippen molar-refractivity contribution < 1.29 is 9.53 Å². The zero-order valence-electron chi connectivity index (χ0n) is 11.6. The molecule has 2 rings (SSSR count). The second-order valence-electron chi connectivity index (χ2n) is 5.31. The Morgan fingerprint density at radius 2 is 2.32 bits per heavy atom. The van der Waals surface area contributed by atoms with Crippen LogP contribution in [0.5, 0.6) is 0 Å². The van der Waals surface area contributed by atoms with Crippen LogP contribution in [0.2, 0.25) is 0 Å². The summed E-state index contributed by atoms with van der Waals surface area (Å²) in [4.78, 5) is 13.9. The number of esters is 1. The van der Waals surface area contributed by atoms with Gasteiger partial charge in [-0.15, -0.1) is 0 Å². The van der Waals surface area contributed by atoms with Crippen molar-refractivity contribution in [1.82, 2.24) is 4.90 Å². The molecule has 0 spiro atoms. The Morgan fingerprint density at radius 1 is 1.53 bits per heavy atom. The number of carbonyl (C=O) groups excluding carboxylic acids is 1. The molecule has 1 aromatic rings. The van der Waals surface area contributed by atoms with E-state index in [0.29, 0.717) is 17.5 Å². The van der Waals surface area contributed by atoms with Crippen LogP contribution in [-0.4, -0.2) is 37.1 Å². The molecule has 0 radical (unpaired) electrons. The fourth-order valence-corrected chi connectivity index (χ4v) is 2.76. The molecule has 1 saturated heterocycles. The van der Waals surface area contributed by atoms with E-state index in [0.717, 1.165) is 31.6 Å². The smallest absolute Gasteiger partial charge is 0.337 e. The van der Waals surface area contributed by atoms with Crippen LogP contribution in [0.1, 0.15) is 29.3 Å². The highest BCUT2D eigenvalue weighted by atomic mass is 16.5. The number of nitrogens with zero attached hydrogens (tertiary/aromatic N) is 1. The highest BCUT2D eigenvalue weighted by Gasteiger charge is 2.27. The molecule has 19 heavy (non-hydrogen) atoms. The van der Waals surface area contributed by atoms with Gasteiger partial charge in [-0.2, -0.15) is 0 Å². The van der Waals surface area contributed by atoms with Crippen LogP contribution in [0.4, 0.5) is 0 Å². The summed E-state index contributed by atoms with van der Waals surface area (Å²) in [6, 6.07) is 8.20. The summed E-state index contributed by atoms with van der Waals surface area (Å²) in [5.74, 6) is 0.315. The van der Waals surface area contributed by atoms with E-state index in [-0.39, 0.29) is 5.97 Å². The quantitative estimate of drug-likeness (QED) is 0.838. The normalized spacial score (nSPS) is 23.5. The van der Waals surface area contributed by atoms with Crippen molar-refractivity contribution in [3.05, 3.63) is 35.4 Å². The van der Waals surface area contributed by atoms with Crippen LogP contribution in [0.25, 0.3) is 0 Å². The van der Waals surface area contributed by atoms with Gasteiger partial charge in [0, 0.05) is 19.1 Å². The second kappa shape index (κ2) is 6.17. The Kier molecular flexibility index (Phi) is 4.56. The maximum absolute atomic E-state index is 11.5. The number of rotatable bonds is 4. The molecule has 0 amide bonds. The van der Waals surface area contributed by atoms with Crippen molar-refractivity contribution in [2.75, 3.05) is 20.2 Å². The number of ether oxygens (including phenoxy) is 1. The number of hydrogen-bond donors (Lipinski definition) is 1. The standard InChI is InChI=1S/C15H22N2O2/c1-11-6-13(8-16)10-17(11)9-12-4-3-5-14(7-12)15(18)19-2/h3-5,7,11,13H,6,8-10,16H2,1-2H3. The van der Waals surface area contributed by atoms with Crippen molar-refractivity contribution >= 4 is 5.97 Å². The molecule has 0 aromatic heterocycles. The molecule has 2 N–H and O–H groups in total. The van der Waals surface area contributed by atoms with Crippen LogP contribution in [0, 0.1) is 5.92 Å². The Hall–Kier alpha value is -1.39. The molecule has 2 atom stereocenters. The lowest BCUT2D eigenvalue weighted by Crippen LogP contribution is -2.27. The van der Waals surface area contributed by atoms with Crippen LogP contribution in [0.3, 0.4) is 0 Å². The van der Waals surface area contributed by atoms with Crippen molar-refractivity contribution in [2.24, 2.45) is 11.7 Å². The lowest BCUT2D eigenvalue weighted by Gasteiger charge is -2.21. The van der Waals surface area contributed by atoms with Gasteiger partial charge in [0.2, 0.25) is 0 Å². The summed E-state index contributed by atoms with van der Waals surface area (Å²) < 4.78 is 4.75. The van der Waals surface area contributed by atoms with E-state index in [1.807, 2.05) is 12.1 Å². The number of likely N-dealkylation sites (tertiary alicyclic amines) is 1. The fraction of sp³-hybridized carbons (Fsp3) is 0.533. The Morgan fingerprint density at radius 3 is 2.95 bits per heavy atom. The van der Waals surface area contributed by atoms with E-state index in [9.17, 15) is 4.79 Å². The maximum atomic E-state index is 11.5. The minimum absolute atomic E-state index is 0.281. The molecule has 1 fully saturated rings. The van der Waals surface area contributed by atoms with E-state index >= 15 is 0 Å². The minimum Gasteiger partial charge on any atom is -0.465 e. The van der Waals surface area contributed by atoms with Crippen molar-refractivity contribution in [2.45, 2.75) is 25.9 Å². The largest absolute Gasteiger partial charge is 0.465 e. The molecule has 4 nitrogen and oxygen atoms in total. The van der Waals surface area contributed by atoms with Crippen LogP contribution >= 0.6 is 0 Å². The highest BCUT2D eigenvalue weighted by Crippen LogP contribution is 2.24. The number of hydrogen-bond acceptors (Lipinski definition) is 4. The van der Waals surface area contributed by atoms with Crippen molar-refractivity contribution in [3.63, 3.8) is 0 Å². The molecule has 1 heterocycles. The van der Waals surface area contributed by atoms with E-state index in [2.05, 4.69) is 17.9 Å². The summed E-state index contributed by atoms with van der Waals surface area (Å²) in [5, 5.41) is 0. The van der Waals surface area contributed by atoms with Gasteiger partial charge in [-0.25, -0.2) is 4.79 Å². The van der Waals surface area contributed by atoms with Crippen molar-refractivity contribution in [1.29, 1.82) is 0 Å². The zero-order valence-corrected chi connectivity index (χ0v) is 11.6. The van der Waals surface area contributed by atoms with Crippen LogP contribution in [0.15, 0.2) is 24.3 Å². The highest BCUT2D eigenvalue weighted by molar-refractivity contribution is 5.89. The van der Waals surface area contributed by atoms with E-state index in [1.165, 1.54) is 7.11 Å². The molecule has 104 valence electrons. The third-order valence-electron chi connectivity index (χ3n) is 3.86. The van der Waals surface area contributed by atoms with Gasteiger partial charge in [-0.1, -0.05) is 12.1 Å². The molecule has 1 aromatic carbocycles. The lowest BCUT2D eigenvalue weighted by molar-refractivity contribution is 0.0600. The van der Waals surface area contributed by atoms with Crippen LogP contribution in [-0.2, 0) is 11.3 Å². The molecular weight excluding hydrogens is 240 g/mol. The molecule has 0 aliphatic carbocycles. The van der Waals surface area contributed by atoms with Gasteiger partial charge in [0.15, 0.2) is 0 Å². The topological polar surface area (TPSA) is 55.6 Å². The average molecular weight is 262 g/mol. The first kappa shape index (κ1) is 14.0. The van der Waals surface area contributed by atoms with Gasteiger partial charge in [0.25, 0.3) is 0 Å². The molecule has 1 aliphatic heterocycles. The van der Waals surface area contributed by atoms with E-state index < -0.39 is 0 Å².